The van der Waals surface area contributed by atoms with Crippen LogP contribution < -0.4 is 10.2 Å². The largest absolute Gasteiger partial charge is 0.377 e. The molecule has 19 heavy (non-hydrogen) atoms. The molecule has 1 N–H and O–H groups in total. The van der Waals surface area contributed by atoms with Gasteiger partial charge in [0.15, 0.2) is 0 Å². The van der Waals surface area contributed by atoms with Gasteiger partial charge >= 0.3 is 0 Å². The first-order valence-electron chi connectivity index (χ1n) is 6.37. The summed E-state index contributed by atoms with van der Waals surface area (Å²) in [6.07, 6.45) is 3.91. The molecule has 0 aliphatic rings. The number of hydrogen-bond acceptors (Lipinski definition) is 4. The van der Waals surface area contributed by atoms with Crippen LogP contribution in [0.2, 0.25) is 0 Å². The normalized spacial score (nSPS) is 12.3. The zero-order valence-electron chi connectivity index (χ0n) is 12.2. The number of anilines is 2. The minimum Gasteiger partial charge on any atom is -0.377 e. The average Bonchev–Trinajstić information content (AvgIpc) is 2.69. The van der Waals surface area contributed by atoms with Gasteiger partial charge in [-0.05, 0) is 26.0 Å². The van der Waals surface area contributed by atoms with Crippen LogP contribution in [-0.2, 0) is 7.05 Å². The molecule has 2 heterocycles. The summed E-state index contributed by atoms with van der Waals surface area (Å²) in [6, 6.07) is 4.26. The molecule has 0 amide bonds. The van der Waals surface area contributed by atoms with Crippen molar-refractivity contribution < 1.29 is 0 Å². The lowest BCUT2D eigenvalue weighted by Crippen LogP contribution is -2.11. The quantitative estimate of drug-likeness (QED) is 0.915. The molecule has 0 saturated carbocycles. The molecule has 0 aliphatic heterocycles. The fourth-order valence-corrected chi connectivity index (χ4v) is 2.11. The molecular formula is C14H21N5. The Bertz CT molecular complexity index is 541. The van der Waals surface area contributed by atoms with Crippen LogP contribution in [0.1, 0.15) is 24.2 Å². The zero-order chi connectivity index (χ0) is 14.0. The van der Waals surface area contributed by atoms with Gasteiger partial charge in [-0.2, -0.15) is 5.10 Å². The Balaban J connectivity index is 2.10. The SMILES string of the molecule is Cc1nn(C)cc1C(C)Nc1ccc(N(C)C)nc1. The highest BCUT2D eigenvalue weighted by molar-refractivity contribution is 5.49. The second-order valence-corrected chi connectivity index (χ2v) is 5.01. The number of hydrogen-bond donors (Lipinski definition) is 1. The first-order valence-corrected chi connectivity index (χ1v) is 6.37. The van der Waals surface area contributed by atoms with E-state index in [0.717, 1.165) is 17.2 Å². The number of aromatic nitrogens is 3. The molecule has 5 heteroatoms. The molecule has 5 nitrogen and oxygen atoms in total. The Morgan fingerprint density at radius 3 is 2.53 bits per heavy atom. The van der Waals surface area contributed by atoms with Gasteiger partial charge in [0.25, 0.3) is 0 Å². The van der Waals surface area contributed by atoms with Gasteiger partial charge < -0.3 is 10.2 Å². The third-order valence-corrected chi connectivity index (χ3v) is 3.11. The maximum Gasteiger partial charge on any atom is 0.128 e. The fourth-order valence-electron chi connectivity index (χ4n) is 2.11. The van der Waals surface area contributed by atoms with Crippen molar-refractivity contribution in [2.45, 2.75) is 19.9 Å². The van der Waals surface area contributed by atoms with E-state index in [9.17, 15) is 0 Å². The maximum atomic E-state index is 4.40. The highest BCUT2D eigenvalue weighted by Gasteiger charge is 2.11. The fraction of sp³-hybridized carbons (Fsp3) is 0.429. The summed E-state index contributed by atoms with van der Waals surface area (Å²) >= 11 is 0. The van der Waals surface area contributed by atoms with Crippen molar-refractivity contribution in [2.75, 3.05) is 24.3 Å². The van der Waals surface area contributed by atoms with Crippen LogP contribution >= 0.6 is 0 Å². The minimum atomic E-state index is 0.209. The standard InChI is InChI=1S/C14H21N5/c1-10(13-9-19(5)17-11(13)2)16-12-6-7-14(15-8-12)18(3)4/h6-10,16H,1-5H3. The summed E-state index contributed by atoms with van der Waals surface area (Å²) in [5, 5.41) is 7.81. The van der Waals surface area contributed by atoms with Gasteiger partial charge in [0.05, 0.1) is 23.6 Å². The Morgan fingerprint density at radius 2 is 2.05 bits per heavy atom. The molecule has 0 fully saturated rings. The molecule has 2 aromatic heterocycles. The molecule has 1 unspecified atom stereocenters. The molecular weight excluding hydrogens is 238 g/mol. The average molecular weight is 259 g/mol. The van der Waals surface area contributed by atoms with Gasteiger partial charge in [-0.3, -0.25) is 4.68 Å². The summed E-state index contributed by atoms with van der Waals surface area (Å²) in [4.78, 5) is 6.38. The number of nitrogens with zero attached hydrogens (tertiary/aromatic N) is 4. The molecule has 102 valence electrons. The highest BCUT2D eigenvalue weighted by Crippen LogP contribution is 2.21. The molecule has 0 saturated heterocycles. The summed E-state index contributed by atoms with van der Waals surface area (Å²) < 4.78 is 1.84. The summed E-state index contributed by atoms with van der Waals surface area (Å²) in [6.45, 7) is 4.16. The molecule has 2 rings (SSSR count). The van der Waals surface area contributed by atoms with E-state index in [4.69, 9.17) is 0 Å². The van der Waals surface area contributed by atoms with Crippen molar-refractivity contribution in [1.29, 1.82) is 0 Å². The monoisotopic (exact) mass is 259 g/mol. The van der Waals surface area contributed by atoms with Crippen LogP contribution in [0.5, 0.6) is 0 Å². The van der Waals surface area contributed by atoms with Crippen LogP contribution in [-0.4, -0.2) is 28.9 Å². The van der Waals surface area contributed by atoms with Gasteiger partial charge in [0, 0.05) is 32.9 Å². The number of nitrogens with one attached hydrogen (secondary N) is 1. The van der Waals surface area contributed by atoms with Crippen LogP contribution in [0.3, 0.4) is 0 Å². The number of pyridine rings is 1. The summed E-state index contributed by atoms with van der Waals surface area (Å²) in [7, 11) is 5.91. The van der Waals surface area contributed by atoms with Gasteiger partial charge in [0.1, 0.15) is 5.82 Å². The lowest BCUT2D eigenvalue weighted by molar-refractivity contribution is 0.756. The van der Waals surface area contributed by atoms with E-state index < -0.39 is 0 Å². The van der Waals surface area contributed by atoms with Crippen LogP contribution in [0.25, 0.3) is 0 Å². The summed E-state index contributed by atoms with van der Waals surface area (Å²) in [5.74, 6) is 0.954. The van der Waals surface area contributed by atoms with Crippen LogP contribution in [0.15, 0.2) is 24.5 Å². The topological polar surface area (TPSA) is 46.0 Å². The van der Waals surface area contributed by atoms with E-state index in [0.29, 0.717) is 0 Å². The number of rotatable bonds is 4. The smallest absolute Gasteiger partial charge is 0.128 e. The molecule has 1 atom stereocenters. The first kappa shape index (κ1) is 13.4. The third-order valence-electron chi connectivity index (χ3n) is 3.11. The van der Waals surface area contributed by atoms with Crippen molar-refractivity contribution in [2.24, 2.45) is 7.05 Å². The van der Waals surface area contributed by atoms with E-state index in [2.05, 4.69) is 28.5 Å². The molecule has 0 bridgehead atoms. The van der Waals surface area contributed by atoms with Crippen molar-refractivity contribution in [3.05, 3.63) is 35.8 Å². The summed E-state index contributed by atoms with van der Waals surface area (Å²) in [5.41, 5.74) is 3.28. The zero-order valence-corrected chi connectivity index (χ0v) is 12.2. The van der Waals surface area contributed by atoms with Gasteiger partial charge in [-0.25, -0.2) is 4.98 Å². The Morgan fingerprint density at radius 1 is 1.32 bits per heavy atom. The molecule has 0 radical (unpaired) electrons. The van der Waals surface area contributed by atoms with E-state index in [1.54, 1.807) is 0 Å². The van der Waals surface area contributed by atoms with Crippen molar-refractivity contribution in [1.82, 2.24) is 14.8 Å². The Hall–Kier alpha value is -2.04. The van der Waals surface area contributed by atoms with Crippen molar-refractivity contribution in [3.63, 3.8) is 0 Å². The molecule has 2 aromatic rings. The van der Waals surface area contributed by atoms with E-state index in [1.165, 1.54) is 5.56 Å². The van der Waals surface area contributed by atoms with Crippen molar-refractivity contribution >= 4 is 11.5 Å². The van der Waals surface area contributed by atoms with Gasteiger partial charge in [-0.15, -0.1) is 0 Å². The van der Waals surface area contributed by atoms with Crippen LogP contribution in [0, 0.1) is 6.92 Å². The predicted octanol–water partition coefficient (Wildman–Crippen LogP) is 2.36. The second kappa shape index (κ2) is 5.30. The first-order chi connectivity index (χ1) is 8.97. The van der Waals surface area contributed by atoms with E-state index >= 15 is 0 Å². The van der Waals surface area contributed by atoms with E-state index in [1.807, 2.05) is 56.0 Å². The van der Waals surface area contributed by atoms with Gasteiger partial charge in [-0.1, -0.05) is 0 Å². The van der Waals surface area contributed by atoms with Crippen molar-refractivity contribution in [3.8, 4) is 0 Å². The van der Waals surface area contributed by atoms with Crippen LogP contribution in [0.4, 0.5) is 11.5 Å². The molecule has 0 aliphatic carbocycles. The van der Waals surface area contributed by atoms with Gasteiger partial charge in [0.2, 0.25) is 0 Å². The minimum absolute atomic E-state index is 0.209. The van der Waals surface area contributed by atoms with E-state index in [-0.39, 0.29) is 6.04 Å². The third kappa shape index (κ3) is 3.05. The predicted molar refractivity (Wildman–Crippen MR) is 78.5 cm³/mol. The molecule has 0 spiro atoms. The second-order valence-electron chi connectivity index (χ2n) is 5.01. The number of aryl methyl sites for hydroxylation is 2. The lowest BCUT2D eigenvalue weighted by Gasteiger charge is -2.16. The maximum absolute atomic E-state index is 4.40. The Labute approximate surface area is 114 Å². The lowest BCUT2D eigenvalue weighted by atomic mass is 10.1. The highest BCUT2D eigenvalue weighted by atomic mass is 15.3. The Kier molecular flexibility index (Phi) is 3.74. The molecule has 0 aromatic carbocycles.